The smallest absolute Gasteiger partial charge is 0.330 e. The largest absolute Gasteiger partial charge is 0.387 e. The number of nitrogens with one attached hydrogen (secondary N) is 1. The number of hydroxylamine groups is 2. The van der Waals surface area contributed by atoms with Crippen molar-refractivity contribution in [2.24, 2.45) is 0 Å². The number of ether oxygens (including phenoxy) is 2. The minimum absolute atomic E-state index is 0.0589. The van der Waals surface area contributed by atoms with Gasteiger partial charge < -0.3 is 14.6 Å². The first-order valence-electron chi connectivity index (χ1n) is 8.81. The Morgan fingerprint density at radius 1 is 1.14 bits per heavy atom. The number of aromatic nitrogens is 2. The lowest BCUT2D eigenvalue weighted by Gasteiger charge is -2.31. The molecule has 1 aromatic heterocycles. The molecular weight excluding hydrogens is 386 g/mol. The van der Waals surface area contributed by atoms with Crippen LogP contribution in [0.5, 0.6) is 0 Å². The van der Waals surface area contributed by atoms with Crippen molar-refractivity contribution in [1.29, 1.82) is 0 Å². The summed E-state index contributed by atoms with van der Waals surface area (Å²) in [4.78, 5) is 55.7. The molecule has 2 N–H and O–H groups in total. The molecule has 3 aliphatic rings. The Balaban J connectivity index is 1.37. The summed E-state index contributed by atoms with van der Waals surface area (Å²) >= 11 is 0. The van der Waals surface area contributed by atoms with E-state index in [0.717, 1.165) is 10.6 Å². The molecule has 1 unspecified atom stereocenters. The van der Waals surface area contributed by atoms with Gasteiger partial charge >= 0.3 is 5.69 Å². The highest BCUT2D eigenvalue weighted by molar-refractivity contribution is 6.20. The standard InChI is InChI=1S/C18H15N3O8/c22-11-5-6-20(17(26)19-11)16-12-13(23)18(29-16,7-27-12)8-28-21-14(24)9-3-1-2-4-10(9)15(21)25/h1-6,12-13,16,23H,7-8H2,(H,19,22,26)/t12-,13?,16+,18+/m0/s1. The third-order valence-corrected chi connectivity index (χ3v) is 5.33. The van der Waals surface area contributed by atoms with E-state index in [0.29, 0.717) is 5.06 Å². The van der Waals surface area contributed by atoms with Crippen LogP contribution in [-0.2, 0) is 14.3 Å². The van der Waals surface area contributed by atoms with Crippen LogP contribution in [-0.4, -0.2) is 62.6 Å². The summed E-state index contributed by atoms with van der Waals surface area (Å²) in [6.45, 7) is -0.415. The van der Waals surface area contributed by atoms with Gasteiger partial charge in [-0.1, -0.05) is 12.1 Å². The maximum Gasteiger partial charge on any atom is 0.330 e. The number of rotatable bonds is 4. The zero-order valence-electron chi connectivity index (χ0n) is 14.8. The topological polar surface area (TPSA) is 140 Å². The highest BCUT2D eigenvalue weighted by Gasteiger charge is 2.62. The molecule has 0 aliphatic carbocycles. The van der Waals surface area contributed by atoms with E-state index in [9.17, 15) is 24.3 Å². The molecule has 5 rings (SSSR count). The van der Waals surface area contributed by atoms with Crippen LogP contribution in [0.25, 0.3) is 0 Å². The molecule has 0 radical (unpaired) electrons. The van der Waals surface area contributed by atoms with Gasteiger partial charge in [0.2, 0.25) is 0 Å². The van der Waals surface area contributed by atoms with Gasteiger partial charge in [0.1, 0.15) is 24.4 Å². The SMILES string of the molecule is O=C1c2ccccc2C(=O)N1OC[C@]12CO[C@@H](C1O)[C@H](n1ccc(=O)[nH]c1=O)O2. The van der Waals surface area contributed by atoms with E-state index >= 15 is 0 Å². The van der Waals surface area contributed by atoms with E-state index in [1.165, 1.54) is 18.3 Å². The van der Waals surface area contributed by atoms with Crippen LogP contribution in [0.3, 0.4) is 0 Å². The minimum Gasteiger partial charge on any atom is -0.387 e. The monoisotopic (exact) mass is 401 g/mol. The number of aliphatic hydroxyl groups is 1. The quantitative estimate of drug-likeness (QED) is 0.609. The van der Waals surface area contributed by atoms with Crippen LogP contribution in [0.2, 0.25) is 0 Å². The Morgan fingerprint density at radius 2 is 1.83 bits per heavy atom. The van der Waals surface area contributed by atoms with Crippen LogP contribution in [0.4, 0.5) is 0 Å². The van der Waals surface area contributed by atoms with Crippen molar-refractivity contribution in [3.63, 3.8) is 0 Å². The molecule has 2 amide bonds. The van der Waals surface area contributed by atoms with Crippen LogP contribution in [0, 0.1) is 0 Å². The molecule has 150 valence electrons. The average Bonchev–Trinajstić information content (AvgIpc) is 3.26. The van der Waals surface area contributed by atoms with E-state index < -0.39 is 47.1 Å². The molecule has 4 atom stereocenters. The fraction of sp³-hybridized carbons (Fsp3) is 0.333. The number of H-pyrrole nitrogens is 1. The van der Waals surface area contributed by atoms with E-state index in [4.69, 9.17) is 14.3 Å². The molecule has 2 aromatic rings. The highest BCUT2D eigenvalue weighted by Crippen LogP contribution is 2.44. The van der Waals surface area contributed by atoms with E-state index in [1.54, 1.807) is 12.1 Å². The van der Waals surface area contributed by atoms with Gasteiger partial charge in [-0.25, -0.2) is 4.79 Å². The van der Waals surface area contributed by atoms with E-state index in [2.05, 4.69) is 4.98 Å². The summed E-state index contributed by atoms with van der Waals surface area (Å²) in [6, 6.07) is 7.46. The number of hydrogen-bond acceptors (Lipinski definition) is 8. The predicted molar refractivity (Wildman–Crippen MR) is 92.8 cm³/mol. The Bertz CT molecular complexity index is 1110. The molecule has 3 aliphatic heterocycles. The van der Waals surface area contributed by atoms with E-state index in [1.807, 2.05) is 0 Å². The lowest BCUT2D eigenvalue weighted by Crippen LogP contribution is -2.48. The van der Waals surface area contributed by atoms with Gasteiger partial charge in [0, 0.05) is 12.3 Å². The number of fused-ring (bicyclic) bond motifs is 3. The third kappa shape index (κ3) is 2.52. The summed E-state index contributed by atoms with van der Waals surface area (Å²) in [5, 5.41) is 11.3. The van der Waals surface area contributed by atoms with Gasteiger partial charge in [-0.15, -0.1) is 5.06 Å². The number of aromatic amines is 1. The molecule has 0 spiro atoms. The normalized spacial score (nSPS) is 30.2. The Morgan fingerprint density at radius 3 is 2.48 bits per heavy atom. The Kier molecular flexibility index (Phi) is 3.83. The second kappa shape index (κ2) is 6.19. The second-order valence-electron chi connectivity index (χ2n) is 7.03. The summed E-state index contributed by atoms with van der Waals surface area (Å²) in [5.74, 6) is -1.23. The van der Waals surface area contributed by atoms with Crippen molar-refractivity contribution in [2.75, 3.05) is 13.2 Å². The predicted octanol–water partition coefficient (Wildman–Crippen LogP) is -1.21. The minimum atomic E-state index is -1.39. The van der Waals surface area contributed by atoms with E-state index in [-0.39, 0.29) is 24.3 Å². The molecule has 4 heterocycles. The summed E-state index contributed by atoms with van der Waals surface area (Å²) < 4.78 is 12.5. The number of nitrogens with zero attached hydrogens (tertiary/aromatic N) is 2. The van der Waals surface area contributed by atoms with Crippen LogP contribution in [0.1, 0.15) is 26.9 Å². The number of amides is 2. The molecule has 11 heteroatoms. The first kappa shape index (κ1) is 17.9. The van der Waals surface area contributed by atoms with Gasteiger partial charge in [0.05, 0.1) is 17.7 Å². The van der Waals surface area contributed by atoms with Gasteiger partial charge in [0.15, 0.2) is 6.23 Å². The summed E-state index contributed by atoms with van der Waals surface area (Å²) in [6.07, 6.45) is -1.83. The van der Waals surface area contributed by atoms with Crippen molar-refractivity contribution in [2.45, 2.75) is 24.0 Å². The number of carbonyl (C=O) groups excluding carboxylic acids is 2. The summed E-state index contributed by atoms with van der Waals surface area (Å²) in [5.41, 5.74) is -2.23. The fourth-order valence-corrected chi connectivity index (χ4v) is 3.82. The number of benzene rings is 1. The molecule has 0 saturated carbocycles. The molecule has 2 bridgehead atoms. The van der Waals surface area contributed by atoms with Crippen molar-refractivity contribution in [3.05, 3.63) is 68.5 Å². The van der Waals surface area contributed by atoms with Crippen LogP contribution in [0.15, 0.2) is 46.1 Å². The van der Waals surface area contributed by atoms with Gasteiger partial charge in [0.25, 0.3) is 17.4 Å². The van der Waals surface area contributed by atoms with Gasteiger partial charge in [-0.05, 0) is 12.1 Å². The van der Waals surface area contributed by atoms with Crippen molar-refractivity contribution >= 4 is 11.8 Å². The number of carbonyl (C=O) groups is 2. The number of aliphatic hydroxyl groups excluding tert-OH is 1. The van der Waals surface area contributed by atoms with Crippen molar-refractivity contribution in [1.82, 2.24) is 14.6 Å². The molecular formula is C18H15N3O8. The summed E-state index contributed by atoms with van der Waals surface area (Å²) in [7, 11) is 0. The van der Waals surface area contributed by atoms with Crippen molar-refractivity contribution in [3.8, 4) is 0 Å². The molecule has 2 fully saturated rings. The third-order valence-electron chi connectivity index (χ3n) is 5.33. The zero-order valence-corrected chi connectivity index (χ0v) is 14.8. The molecule has 29 heavy (non-hydrogen) atoms. The zero-order chi connectivity index (χ0) is 20.3. The lowest BCUT2D eigenvalue weighted by atomic mass is 10.0. The van der Waals surface area contributed by atoms with Crippen LogP contribution < -0.4 is 11.2 Å². The van der Waals surface area contributed by atoms with Crippen molar-refractivity contribution < 1.29 is 29.0 Å². The lowest BCUT2D eigenvalue weighted by molar-refractivity contribution is -0.219. The molecule has 11 nitrogen and oxygen atoms in total. The number of imide groups is 1. The number of hydrogen-bond donors (Lipinski definition) is 2. The molecule has 1 aromatic carbocycles. The van der Waals surface area contributed by atoms with Gasteiger partial charge in [-0.3, -0.25) is 28.8 Å². The highest BCUT2D eigenvalue weighted by atomic mass is 16.7. The maximum atomic E-state index is 12.4. The van der Waals surface area contributed by atoms with Crippen LogP contribution >= 0.6 is 0 Å². The van der Waals surface area contributed by atoms with Gasteiger partial charge in [-0.2, -0.15) is 0 Å². The average molecular weight is 401 g/mol. The maximum absolute atomic E-state index is 12.4. The first-order chi connectivity index (χ1) is 13.9. The first-order valence-corrected chi connectivity index (χ1v) is 8.81. The second-order valence-corrected chi connectivity index (χ2v) is 7.03. The Hall–Kier alpha value is -3.12. The Labute approximate surface area is 162 Å². The molecule has 2 saturated heterocycles. The fourth-order valence-electron chi connectivity index (χ4n) is 3.82.